The quantitative estimate of drug-likeness (QED) is 0.435. The number of carbonyl (C=O) groups is 1. The molecule has 1 fully saturated rings. The van der Waals surface area contributed by atoms with Gasteiger partial charge in [-0.2, -0.15) is 13.2 Å². The van der Waals surface area contributed by atoms with Crippen molar-refractivity contribution in [3.63, 3.8) is 0 Å². The molecule has 2 aromatic rings. The molecule has 1 atom stereocenters. The van der Waals surface area contributed by atoms with E-state index in [1.54, 1.807) is 0 Å². The predicted molar refractivity (Wildman–Crippen MR) is 143 cm³/mol. The number of rotatable bonds is 4. The number of fused-ring (bicyclic) bond motifs is 1. The van der Waals surface area contributed by atoms with Crippen LogP contribution in [-0.2, 0) is 32.8 Å². The van der Waals surface area contributed by atoms with E-state index in [0.717, 1.165) is 24.0 Å². The number of benzene rings is 1. The monoisotopic (exact) mass is 592 g/mol. The first-order chi connectivity index (χ1) is 17.4. The molecule has 1 amide bonds. The Balaban J connectivity index is 1.46. The highest BCUT2D eigenvalue weighted by Gasteiger charge is 2.62. The highest BCUT2D eigenvalue weighted by molar-refractivity contribution is 8.00. The first-order valence-electron chi connectivity index (χ1n) is 12.0. The van der Waals surface area contributed by atoms with E-state index in [2.05, 4.69) is 16.3 Å². The minimum Gasteiger partial charge on any atom is -0.374 e. The molecule has 200 valence electrons. The number of alkyl halides is 3. The van der Waals surface area contributed by atoms with Gasteiger partial charge in [-0.3, -0.25) is 9.00 Å². The SMILES string of the molecule is C=S1(=O)CCC(NC(=O)c2sc(C3=NOC(c4cc(Cl)cc(Cl)c4)(C(F)(F)F)C3)c3c2CCCC3)CC1. The summed E-state index contributed by atoms with van der Waals surface area (Å²) in [5.74, 6) is 4.44. The zero-order valence-electron chi connectivity index (χ0n) is 19.8. The lowest BCUT2D eigenvalue weighted by Gasteiger charge is -2.29. The van der Waals surface area contributed by atoms with E-state index in [1.807, 2.05) is 0 Å². The Morgan fingerprint density at radius 3 is 2.38 bits per heavy atom. The second-order valence-electron chi connectivity index (χ2n) is 9.84. The fourth-order valence-corrected chi connectivity index (χ4v) is 8.65. The van der Waals surface area contributed by atoms with Gasteiger partial charge in [0.1, 0.15) is 5.71 Å². The van der Waals surface area contributed by atoms with Crippen LogP contribution in [0.2, 0.25) is 10.0 Å². The van der Waals surface area contributed by atoms with Crippen molar-refractivity contribution in [1.82, 2.24) is 5.32 Å². The van der Waals surface area contributed by atoms with Gasteiger partial charge in [-0.05, 0) is 83.2 Å². The maximum Gasteiger partial charge on any atom is 0.435 e. The summed E-state index contributed by atoms with van der Waals surface area (Å²) >= 11 is 13.2. The van der Waals surface area contributed by atoms with Gasteiger partial charge >= 0.3 is 6.18 Å². The van der Waals surface area contributed by atoms with Crippen LogP contribution in [0.3, 0.4) is 0 Å². The Bertz CT molecular complexity index is 1350. The Labute approximate surface area is 227 Å². The molecule has 5 nitrogen and oxygen atoms in total. The lowest BCUT2D eigenvalue weighted by Crippen LogP contribution is -2.42. The fourth-order valence-electron chi connectivity index (χ4n) is 5.22. The normalized spacial score (nSPS) is 27.8. The van der Waals surface area contributed by atoms with Gasteiger partial charge in [0.2, 0.25) is 0 Å². The zero-order chi connectivity index (χ0) is 26.6. The number of amides is 1. The van der Waals surface area contributed by atoms with E-state index >= 15 is 0 Å². The van der Waals surface area contributed by atoms with Crippen molar-refractivity contribution in [3.8, 4) is 0 Å². The summed E-state index contributed by atoms with van der Waals surface area (Å²) < 4.78 is 55.6. The number of thiophene rings is 1. The molecule has 37 heavy (non-hydrogen) atoms. The molecule has 0 saturated carbocycles. The predicted octanol–water partition coefficient (Wildman–Crippen LogP) is 6.12. The molecular formula is C25H25Cl2F3N2O3S2. The summed E-state index contributed by atoms with van der Waals surface area (Å²) in [5, 5.41) is 7.09. The molecule has 2 aliphatic heterocycles. The number of halogens is 5. The van der Waals surface area contributed by atoms with Gasteiger partial charge in [-0.25, -0.2) is 0 Å². The zero-order valence-corrected chi connectivity index (χ0v) is 22.9. The summed E-state index contributed by atoms with van der Waals surface area (Å²) in [4.78, 5) is 19.5. The summed E-state index contributed by atoms with van der Waals surface area (Å²) in [6, 6.07) is 3.63. The number of hydrogen-bond acceptors (Lipinski definition) is 5. The van der Waals surface area contributed by atoms with Crippen LogP contribution >= 0.6 is 34.5 Å². The Hall–Kier alpha value is -1.75. The summed E-state index contributed by atoms with van der Waals surface area (Å²) in [7, 11) is -2.08. The molecule has 12 heteroatoms. The first-order valence-corrected chi connectivity index (χ1v) is 15.6. The lowest BCUT2D eigenvalue weighted by molar-refractivity contribution is -0.275. The largest absolute Gasteiger partial charge is 0.435 e. The van der Waals surface area contributed by atoms with E-state index in [0.29, 0.717) is 46.9 Å². The molecule has 0 radical (unpaired) electrons. The Kier molecular flexibility index (Phi) is 7.09. The minimum atomic E-state index is -4.79. The number of nitrogens with zero attached hydrogens (tertiary/aromatic N) is 1. The van der Waals surface area contributed by atoms with Crippen molar-refractivity contribution in [3.05, 3.63) is 54.7 Å². The molecule has 3 heterocycles. The van der Waals surface area contributed by atoms with Gasteiger partial charge in [0, 0.05) is 33.2 Å². The number of nitrogens with one attached hydrogen (secondary N) is 1. The first kappa shape index (κ1) is 26.8. The smallest absolute Gasteiger partial charge is 0.374 e. The molecule has 0 bridgehead atoms. The number of carbonyl (C=O) groups excluding carboxylic acids is 1. The van der Waals surface area contributed by atoms with E-state index in [9.17, 15) is 22.2 Å². The standard InChI is InChI=1S/C25H25Cl2F3N2O3S2/c1-37(34)8-6-17(7-9-37)31-23(33)22-19-5-3-2-4-18(19)21(36-22)20-13-24(35-32-20,25(28,29)30)14-10-15(26)12-16(27)11-14/h10-12,17H,1-9,13H2,(H,31,33). The van der Waals surface area contributed by atoms with Crippen LogP contribution in [-0.4, -0.2) is 45.4 Å². The van der Waals surface area contributed by atoms with Gasteiger partial charge in [-0.15, -0.1) is 11.3 Å². The van der Waals surface area contributed by atoms with Crippen LogP contribution in [0.4, 0.5) is 13.2 Å². The van der Waals surface area contributed by atoms with E-state index in [4.69, 9.17) is 28.0 Å². The van der Waals surface area contributed by atoms with Gasteiger partial charge in [0.25, 0.3) is 11.5 Å². The lowest BCUT2D eigenvalue weighted by atomic mass is 9.85. The van der Waals surface area contributed by atoms with Crippen LogP contribution in [0.15, 0.2) is 23.4 Å². The second-order valence-corrected chi connectivity index (χ2v) is 14.5. The van der Waals surface area contributed by atoms with Gasteiger partial charge in [0.15, 0.2) is 0 Å². The molecule has 1 N–H and O–H groups in total. The van der Waals surface area contributed by atoms with Crippen molar-refractivity contribution in [2.24, 2.45) is 5.16 Å². The maximum absolute atomic E-state index is 14.5. The third-order valence-corrected chi connectivity index (χ3v) is 10.9. The average Bonchev–Trinajstić information content (AvgIpc) is 3.43. The van der Waals surface area contributed by atoms with Crippen LogP contribution in [0.1, 0.15) is 63.3 Å². The molecule has 0 spiro atoms. The van der Waals surface area contributed by atoms with Crippen molar-refractivity contribution in [2.75, 3.05) is 11.5 Å². The third-order valence-electron chi connectivity index (χ3n) is 7.22. The number of hydrogen-bond donors (Lipinski definition) is 1. The van der Waals surface area contributed by atoms with Crippen molar-refractivity contribution in [2.45, 2.75) is 62.8 Å². The minimum absolute atomic E-state index is 0.0630. The highest BCUT2D eigenvalue weighted by Crippen LogP contribution is 2.51. The van der Waals surface area contributed by atoms with E-state index in [-0.39, 0.29) is 33.3 Å². The van der Waals surface area contributed by atoms with Gasteiger partial charge in [0.05, 0.1) is 16.2 Å². The molecular weight excluding hydrogens is 568 g/mol. The van der Waals surface area contributed by atoms with Crippen molar-refractivity contribution >= 4 is 61.5 Å². The second kappa shape index (κ2) is 9.77. The topological polar surface area (TPSA) is 67.8 Å². The highest BCUT2D eigenvalue weighted by atomic mass is 35.5. The Morgan fingerprint density at radius 2 is 1.76 bits per heavy atom. The van der Waals surface area contributed by atoms with Gasteiger partial charge in [-0.1, -0.05) is 28.4 Å². The van der Waals surface area contributed by atoms with Crippen LogP contribution < -0.4 is 5.32 Å². The molecule has 1 saturated heterocycles. The van der Waals surface area contributed by atoms with Crippen molar-refractivity contribution < 1.29 is 27.0 Å². The van der Waals surface area contributed by atoms with E-state index < -0.39 is 27.7 Å². The maximum atomic E-state index is 14.5. The van der Waals surface area contributed by atoms with Crippen LogP contribution in [0.25, 0.3) is 0 Å². The summed E-state index contributed by atoms with van der Waals surface area (Å²) in [6.07, 6.45) is -1.07. The van der Waals surface area contributed by atoms with E-state index in [1.165, 1.54) is 29.5 Å². The Morgan fingerprint density at radius 1 is 1.14 bits per heavy atom. The van der Waals surface area contributed by atoms with Crippen LogP contribution in [0.5, 0.6) is 0 Å². The molecule has 1 unspecified atom stereocenters. The molecule has 3 aliphatic rings. The third kappa shape index (κ3) is 5.14. The average molecular weight is 594 g/mol. The molecule has 1 aromatic heterocycles. The molecule has 5 rings (SSSR count). The molecule has 1 aliphatic carbocycles. The summed E-state index contributed by atoms with van der Waals surface area (Å²) in [6.45, 7) is 0. The molecule has 1 aromatic carbocycles. The summed E-state index contributed by atoms with van der Waals surface area (Å²) in [5.41, 5.74) is -1.05. The fraction of sp³-hybridized carbons (Fsp3) is 0.480. The van der Waals surface area contributed by atoms with Crippen LogP contribution in [0, 0.1) is 0 Å². The van der Waals surface area contributed by atoms with Gasteiger partial charge < -0.3 is 10.2 Å². The number of oxime groups is 1. The van der Waals surface area contributed by atoms with Crippen molar-refractivity contribution in [1.29, 1.82) is 0 Å².